The molecule has 0 radical (unpaired) electrons. The zero-order valence-electron chi connectivity index (χ0n) is 26.9. The van der Waals surface area contributed by atoms with Gasteiger partial charge in [0.2, 0.25) is 0 Å². The minimum atomic E-state index is -0.331. The molecule has 0 aliphatic heterocycles. The summed E-state index contributed by atoms with van der Waals surface area (Å²) in [7, 11) is 0. The number of rotatable bonds is 6. The molecule has 0 fully saturated rings. The zero-order valence-corrected chi connectivity index (χ0v) is 26.9. The van der Waals surface area contributed by atoms with Gasteiger partial charge < -0.3 is 5.73 Å². The third-order valence-electron chi connectivity index (χ3n) is 9.66. The first-order chi connectivity index (χ1) is 24.2. The van der Waals surface area contributed by atoms with Crippen LogP contribution in [0.2, 0.25) is 0 Å². The Balaban J connectivity index is 1.32. The highest BCUT2D eigenvalue weighted by molar-refractivity contribution is 6.37. The number of fused-ring (bicyclic) bond motifs is 10. The monoisotopic (exact) mass is 627 g/mol. The average Bonchev–Trinajstić information content (AvgIpc) is 3.51. The fourth-order valence-electron chi connectivity index (χ4n) is 7.35. The second-order valence-electron chi connectivity index (χ2n) is 12.5. The summed E-state index contributed by atoms with van der Waals surface area (Å²) in [5.41, 5.74) is 14.3. The number of nitrogens with two attached hydrogens (primary N) is 1. The Labute approximate surface area is 284 Å². The van der Waals surface area contributed by atoms with Crippen molar-refractivity contribution in [2.24, 2.45) is 10.7 Å². The smallest absolute Gasteiger partial charge is 0.100 e. The highest BCUT2D eigenvalue weighted by Crippen LogP contribution is 2.43. The molecule has 3 heteroatoms. The summed E-state index contributed by atoms with van der Waals surface area (Å²) in [6, 6.07) is 59.6. The van der Waals surface area contributed by atoms with Gasteiger partial charge >= 0.3 is 0 Å². The molecular formula is C46H33N3. The lowest BCUT2D eigenvalue weighted by Crippen LogP contribution is -2.07. The van der Waals surface area contributed by atoms with Crippen molar-refractivity contribution < 1.29 is 0 Å². The lowest BCUT2D eigenvalue weighted by Gasteiger charge is -2.13. The van der Waals surface area contributed by atoms with Crippen LogP contribution in [-0.2, 0) is 0 Å². The number of benzene rings is 8. The van der Waals surface area contributed by atoms with E-state index in [0.29, 0.717) is 0 Å². The summed E-state index contributed by atoms with van der Waals surface area (Å²) in [5.74, 6) is 0. The topological polar surface area (TPSA) is 43.3 Å². The van der Waals surface area contributed by atoms with Crippen molar-refractivity contribution in [3.05, 3.63) is 187 Å². The molecule has 9 rings (SSSR count). The van der Waals surface area contributed by atoms with Gasteiger partial charge in [0.1, 0.15) is 6.34 Å². The molecule has 0 saturated carbocycles. The second kappa shape index (κ2) is 12.1. The van der Waals surface area contributed by atoms with Crippen LogP contribution in [0.15, 0.2) is 181 Å². The molecule has 232 valence electrons. The van der Waals surface area contributed by atoms with Gasteiger partial charge in [-0.05, 0) is 56.4 Å². The van der Waals surface area contributed by atoms with Gasteiger partial charge in [-0.3, -0.25) is 4.57 Å². The van der Waals surface area contributed by atoms with Crippen LogP contribution in [0.5, 0.6) is 0 Å². The molecule has 49 heavy (non-hydrogen) atoms. The Morgan fingerprint density at radius 1 is 0.531 bits per heavy atom. The molecule has 1 atom stereocenters. The fourth-order valence-corrected chi connectivity index (χ4v) is 7.35. The lowest BCUT2D eigenvalue weighted by molar-refractivity contribution is 0.911. The normalized spacial score (nSPS) is 13.0. The molecule has 1 heterocycles. The van der Waals surface area contributed by atoms with E-state index >= 15 is 0 Å². The van der Waals surface area contributed by atoms with E-state index in [1.165, 1.54) is 43.1 Å². The number of aromatic nitrogens is 1. The predicted octanol–water partition coefficient (Wildman–Crippen LogP) is 11.5. The Hall–Kier alpha value is -6.29. The lowest BCUT2D eigenvalue weighted by atomic mass is 9.93. The largest absolute Gasteiger partial charge is 0.321 e. The van der Waals surface area contributed by atoms with Gasteiger partial charge in [0.25, 0.3) is 0 Å². The maximum absolute atomic E-state index is 6.84. The molecular weight excluding hydrogens is 595 g/mol. The predicted molar refractivity (Wildman–Crippen MR) is 209 cm³/mol. The summed E-state index contributed by atoms with van der Waals surface area (Å²) in [6.45, 7) is 0. The minimum Gasteiger partial charge on any atom is -0.321 e. The van der Waals surface area contributed by atoms with Crippen LogP contribution in [0.25, 0.3) is 70.9 Å². The van der Waals surface area contributed by atoms with E-state index in [4.69, 9.17) is 10.7 Å². The van der Waals surface area contributed by atoms with E-state index in [9.17, 15) is 0 Å². The van der Waals surface area contributed by atoms with Crippen LogP contribution in [0.1, 0.15) is 17.2 Å². The molecule has 8 aromatic carbocycles. The molecule has 1 unspecified atom stereocenters. The van der Waals surface area contributed by atoms with E-state index < -0.39 is 0 Å². The van der Waals surface area contributed by atoms with Crippen LogP contribution in [0.4, 0.5) is 0 Å². The SMILES string of the molecule is NC(/C=C(\N=C\n1c2ccccc2c2c3c4ccccc4ccc3c3ccccc3c21)c1cccc(-c2ccccc2)c1)c1ccccc1. The standard InChI is InChI=1S/C46H33N3/c47-41(33-17-5-2-6-18-33)29-42(35-20-13-19-34(28-35)31-14-3-1-4-15-31)48-30-49-43-25-12-11-24-40(43)45-44-36-21-8-7-16-32(36)26-27-38(44)37-22-9-10-23-39(37)46(45)49/h1-30,41H,47H2/b42-29-,48-30+. The summed E-state index contributed by atoms with van der Waals surface area (Å²) in [6.07, 6.45) is 4.07. The Morgan fingerprint density at radius 2 is 1.18 bits per heavy atom. The highest BCUT2D eigenvalue weighted by atomic mass is 15.0. The van der Waals surface area contributed by atoms with Crippen LogP contribution in [0, 0.1) is 0 Å². The first kappa shape index (κ1) is 28.9. The quantitative estimate of drug-likeness (QED) is 0.111. The number of nitrogens with zero attached hydrogens (tertiary/aromatic N) is 2. The molecule has 0 aliphatic rings. The second-order valence-corrected chi connectivity index (χ2v) is 12.5. The third kappa shape index (κ3) is 5.00. The van der Waals surface area contributed by atoms with Crippen LogP contribution < -0.4 is 5.73 Å². The summed E-state index contributed by atoms with van der Waals surface area (Å²) in [4.78, 5) is 5.31. The summed E-state index contributed by atoms with van der Waals surface area (Å²) in [5, 5.41) is 9.88. The Bertz CT molecular complexity index is 2720. The number of aliphatic imine (C=N–C) groups is 1. The molecule has 0 aliphatic carbocycles. The van der Waals surface area contributed by atoms with E-state index in [1.807, 2.05) is 30.6 Å². The summed E-state index contributed by atoms with van der Waals surface area (Å²) < 4.78 is 2.27. The van der Waals surface area contributed by atoms with Gasteiger partial charge in [-0.25, -0.2) is 4.99 Å². The molecule has 3 nitrogen and oxygen atoms in total. The molecule has 0 spiro atoms. The molecule has 0 saturated heterocycles. The molecule has 1 aromatic heterocycles. The summed E-state index contributed by atoms with van der Waals surface area (Å²) >= 11 is 0. The van der Waals surface area contributed by atoms with E-state index in [-0.39, 0.29) is 6.04 Å². The Kier molecular flexibility index (Phi) is 7.11. The van der Waals surface area contributed by atoms with Gasteiger partial charge in [0, 0.05) is 27.1 Å². The minimum absolute atomic E-state index is 0.331. The maximum atomic E-state index is 6.84. The van der Waals surface area contributed by atoms with Crippen molar-refractivity contribution in [1.29, 1.82) is 0 Å². The Morgan fingerprint density at radius 3 is 2.00 bits per heavy atom. The zero-order chi connectivity index (χ0) is 32.7. The first-order valence-electron chi connectivity index (χ1n) is 16.7. The first-order valence-corrected chi connectivity index (χ1v) is 16.7. The molecule has 0 amide bonds. The van der Waals surface area contributed by atoms with Gasteiger partial charge in [-0.1, -0.05) is 158 Å². The fraction of sp³-hybridized carbons (Fsp3) is 0.0217. The van der Waals surface area contributed by atoms with Crippen molar-refractivity contribution in [2.45, 2.75) is 6.04 Å². The van der Waals surface area contributed by atoms with Gasteiger partial charge in [-0.2, -0.15) is 0 Å². The number of hydrogen-bond acceptors (Lipinski definition) is 2. The van der Waals surface area contributed by atoms with Crippen LogP contribution in [0.3, 0.4) is 0 Å². The van der Waals surface area contributed by atoms with E-state index in [1.54, 1.807) is 0 Å². The third-order valence-corrected chi connectivity index (χ3v) is 9.66. The average molecular weight is 628 g/mol. The molecule has 0 bridgehead atoms. The maximum Gasteiger partial charge on any atom is 0.100 e. The van der Waals surface area contributed by atoms with Gasteiger partial charge in [0.15, 0.2) is 0 Å². The number of hydrogen-bond donors (Lipinski definition) is 1. The van der Waals surface area contributed by atoms with Crippen molar-refractivity contribution >= 4 is 66.2 Å². The van der Waals surface area contributed by atoms with Crippen molar-refractivity contribution in [2.75, 3.05) is 0 Å². The number of para-hydroxylation sites is 1. The highest BCUT2D eigenvalue weighted by Gasteiger charge is 2.19. The van der Waals surface area contributed by atoms with Crippen LogP contribution >= 0.6 is 0 Å². The molecule has 2 N–H and O–H groups in total. The van der Waals surface area contributed by atoms with Crippen molar-refractivity contribution in [3.63, 3.8) is 0 Å². The van der Waals surface area contributed by atoms with Gasteiger partial charge in [0.05, 0.1) is 22.8 Å². The van der Waals surface area contributed by atoms with Crippen LogP contribution in [-0.4, -0.2) is 10.9 Å². The van der Waals surface area contributed by atoms with Crippen molar-refractivity contribution in [1.82, 2.24) is 4.57 Å². The van der Waals surface area contributed by atoms with E-state index in [0.717, 1.165) is 39.0 Å². The van der Waals surface area contributed by atoms with Gasteiger partial charge in [-0.15, -0.1) is 0 Å². The molecule has 9 aromatic rings. The van der Waals surface area contributed by atoms with Crippen molar-refractivity contribution in [3.8, 4) is 11.1 Å². The van der Waals surface area contributed by atoms with E-state index in [2.05, 4.69) is 156 Å².